The molecule has 5 nitrogen and oxygen atoms in total. The topological polar surface area (TPSA) is 58.1 Å². The van der Waals surface area contributed by atoms with E-state index < -0.39 is 0 Å². The smallest absolute Gasteiger partial charge is 0.274 e. The largest absolute Gasteiger partial charge is 0.352 e. The van der Waals surface area contributed by atoms with Gasteiger partial charge in [0.25, 0.3) is 5.91 Å². The Kier molecular flexibility index (Phi) is 6.04. The fourth-order valence-electron chi connectivity index (χ4n) is 3.13. The maximum Gasteiger partial charge on any atom is 0.274 e. The highest BCUT2D eigenvalue weighted by atomic mass is 16.1. The van der Waals surface area contributed by atoms with Gasteiger partial charge in [-0.2, -0.15) is 0 Å². The lowest BCUT2D eigenvalue weighted by atomic mass is 10.1. The number of nitrogens with one attached hydrogen (secondary N) is 1. The molecule has 0 spiro atoms. The van der Waals surface area contributed by atoms with Crippen LogP contribution in [0.4, 0.5) is 11.5 Å². The molecule has 1 N–H and O–H groups in total. The lowest BCUT2D eigenvalue weighted by Gasteiger charge is -2.22. The molecule has 0 aliphatic rings. The zero-order valence-corrected chi connectivity index (χ0v) is 16.9. The second kappa shape index (κ2) is 8.65. The molecule has 3 aromatic rings. The number of carbonyl (C=O) groups excluding carboxylic acids is 1. The van der Waals surface area contributed by atoms with E-state index >= 15 is 0 Å². The average molecular weight is 374 g/mol. The number of hydrogen-bond donors (Lipinski definition) is 1. The molecule has 144 valence electrons. The van der Waals surface area contributed by atoms with Gasteiger partial charge in [-0.1, -0.05) is 48.0 Å². The third kappa shape index (κ3) is 4.74. The Morgan fingerprint density at radius 1 is 1.00 bits per heavy atom. The first-order valence-electron chi connectivity index (χ1n) is 9.49. The second-order valence-corrected chi connectivity index (χ2v) is 6.93. The number of nitrogens with zero attached hydrogens (tertiary/aromatic N) is 3. The molecule has 1 heterocycles. The molecule has 28 heavy (non-hydrogen) atoms. The van der Waals surface area contributed by atoms with E-state index in [-0.39, 0.29) is 5.91 Å². The van der Waals surface area contributed by atoms with Gasteiger partial charge in [-0.3, -0.25) is 4.79 Å². The van der Waals surface area contributed by atoms with Gasteiger partial charge in [0.1, 0.15) is 17.3 Å². The summed E-state index contributed by atoms with van der Waals surface area (Å²) in [4.78, 5) is 23.8. The van der Waals surface area contributed by atoms with Crippen molar-refractivity contribution >= 4 is 17.4 Å². The van der Waals surface area contributed by atoms with E-state index in [0.29, 0.717) is 11.5 Å². The Hall–Kier alpha value is -3.21. The summed E-state index contributed by atoms with van der Waals surface area (Å²) in [5.74, 6) is 1.11. The summed E-state index contributed by atoms with van der Waals surface area (Å²) in [6, 6.07) is 17.9. The summed E-state index contributed by atoms with van der Waals surface area (Å²) in [5, 5.41) is 2.97. The van der Waals surface area contributed by atoms with Crippen LogP contribution in [0.5, 0.6) is 0 Å². The van der Waals surface area contributed by atoms with Gasteiger partial charge in [0.2, 0.25) is 0 Å². The molecule has 0 saturated carbocycles. The zero-order chi connectivity index (χ0) is 20.1. The number of amides is 1. The number of carbonyl (C=O) groups is 1. The van der Waals surface area contributed by atoms with Gasteiger partial charge in [0.15, 0.2) is 0 Å². The first kappa shape index (κ1) is 19.5. The zero-order valence-electron chi connectivity index (χ0n) is 16.9. The monoisotopic (exact) mass is 374 g/mol. The predicted octanol–water partition coefficient (Wildman–Crippen LogP) is 4.68. The van der Waals surface area contributed by atoms with Crippen molar-refractivity contribution in [3.63, 3.8) is 0 Å². The fourth-order valence-corrected chi connectivity index (χ4v) is 3.13. The molecule has 1 amide bonds. The number of benzene rings is 2. The fraction of sp³-hybridized carbons (Fsp3) is 0.261. The van der Waals surface area contributed by atoms with E-state index in [1.54, 1.807) is 6.07 Å². The molecule has 3 rings (SSSR count). The van der Waals surface area contributed by atoms with Gasteiger partial charge in [-0.25, -0.2) is 9.97 Å². The van der Waals surface area contributed by atoms with Crippen molar-refractivity contribution in [2.24, 2.45) is 0 Å². The molecule has 0 radical (unpaired) electrons. The van der Waals surface area contributed by atoms with Crippen LogP contribution in [0.1, 0.15) is 39.9 Å². The predicted molar refractivity (Wildman–Crippen MR) is 114 cm³/mol. The number of rotatable bonds is 6. The molecule has 0 aliphatic carbocycles. The Morgan fingerprint density at radius 3 is 2.43 bits per heavy atom. The first-order valence-corrected chi connectivity index (χ1v) is 9.49. The van der Waals surface area contributed by atoms with Crippen LogP contribution in [0.2, 0.25) is 0 Å². The molecule has 0 aliphatic heterocycles. The molecule has 5 heteroatoms. The maximum atomic E-state index is 12.8. The minimum absolute atomic E-state index is 0.227. The number of aryl methyl sites for hydroxylation is 3. The van der Waals surface area contributed by atoms with Gasteiger partial charge in [-0.05, 0) is 44.9 Å². The molecular weight excluding hydrogens is 348 g/mol. The van der Waals surface area contributed by atoms with E-state index in [1.807, 2.05) is 57.2 Å². The summed E-state index contributed by atoms with van der Waals surface area (Å²) in [5.41, 5.74) is 4.55. The average Bonchev–Trinajstić information content (AvgIpc) is 2.68. The van der Waals surface area contributed by atoms with Gasteiger partial charge in [0.05, 0.1) is 0 Å². The van der Waals surface area contributed by atoms with Crippen LogP contribution < -0.4 is 10.2 Å². The molecule has 0 atom stereocenters. The molecular formula is C23H26N4O. The van der Waals surface area contributed by atoms with Crippen molar-refractivity contribution in [3.05, 3.63) is 82.8 Å². The van der Waals surface area contributed by atoms with Crippen LogP contribution in [-0.2, 0) is 6.54 Å². The summed E-state index contributed by atoms with van der Waals surface area (Å²) < 4.78 is 0. The van der Waals surface area contributed by atoms with Gasteiger partial charge in [0, 0.05) is 24.8 Å². The van der Waals surface area contributed by atoms with Crippen molar-refractivity contribution in [2.75, 3.05) is 16.8 Å². The van der Waals surface area contributed by atoms with Crippen LogP contribution in [0.15, 0.2) is 54.6 Å². The van der Waals surface area contributed by atoms with Crippen LogP contribution in [0, 0.1) is 20.8 Å². The SMILES string of the molecule is CCN(Cc1ccccc1)c1cc(C(=O)Nc2ccc(C)cc2C)nc(C)n1. The highest BCUT2D eigenvalue weighted by Crippen LogP contribution is 2.19. The maximum absolute atomic E-state index is 12.8. The first-order chi connectivity index (χ1) is 13.5. The van der Waals surface area contributed by atoms with Gasteiger partial charge >= 0.3 is 0 Å². The van der Waals surface area contributed by atoms with Crippen molar-refractivity contribution in [1.29, 1.82) is 0 Å². The Bertz CT molecular complexity index is 970. The summed E-state index contributed by atoms with van der Waals surface area (Å²) in [7, 11) is 0. The molecule has 0 saturated heterocycles. The lowest BCUT2D eigenvalue weighted by molar-refractivity contribution is 0.102. The van der Waals surface area contributed by atoms with Crippen LogP contribution in [0.25, 0.3) is 0 Å². The Morgan fingerprint density at radius 2 is 1.75 bits per heavy atom. The molecule has 0 bridgehead atoms. The quantitative estimate of drug-likeness (QED) is 0.680. The normalized spacial score (nSPS) is 10.6. The standard InChI is InChI=1S/C23H26N4O/c1-5-27(15-19-9-7-6-8-10-19)22-14-21(24-18(4)25-22)23(28)26-20-12-11-16(2)13-17(20)3/h6-14H,5,15H2,1-4H3,(H,26,28). The van der Waals surface area contributed by atoms with Crippen LogP contribution in [0.3, 0.4) is 0 Å². The van der Waals surface area contributed by atoms with Crippen LogP contribution >= 0.6 is 0 Å². The van der Waals surface area contributed by atoms with E-state index in [4.69, 9.17) is 0 Å². The minimum atomic E-state index is -0.227. The second-order valence-electron chi connectivity index (χ2n) is 6.93. The number of anilines is 2. The van der Waals surface area contributed by atoms with E-state index in [0.717, 1.165) is 35.7 Å². The summed E-state index contributed by atoms with van der Waals surface area (Å²) in [6.07, 6.45) is 0. The van der Waals surface area contributed by atoms with E-state index in [2.05, 4.69) is 39.2 Å². The number of hydrogen-bond acceptors (Lipinski definition) is 4. The van der Waals surface area contributed by atoms with Crippen molar-refractivity contribution in [3.8, 4) is 0 Å². The summed E-state index contributed by atoms with van der Waals surface area (Å²) in [6.45, 7) is 9.42. The van der Waals surface area contributed by atoms with E-state index in [1.165, 1.54) is 5.56 Å². The highest BCUT2D eigenvalue weighted by Gasteiger charge is 2.15. The molecule has 1 aromatic heterocycles. The van der Waals surface area contributed by atoms with Crippen molar-refractivity contribution in [1.82, 2.24) is 9.97 Å². The minimum Gasteiger partial charge on any atom is -0.352 e. The molecule has 0 unspecified atom stereocenters. The third-order valence-corrected chi connectivity index (χ3v) is 4.61. The van der Waals surface area contributed by atoms with E-state index in [9.17, 15) is 4.79 Å². The summed E-state index contributed by atoms with van der Waals surface area (Å²) >= 11 is 0. The Balaban J connectivity index is 1.84. The highest BCUT2D eigenvalue weighted by molar-refractivity contribution is 6.03. The lowest BCUT2D eigenvalue weighted by Crippen LogP contribution is -2.25. The molecule has 0 fully saturated rings. The van der Waals surface area contributed by atoms with Crippen molar-refractivity contribution < 1.29 is 4.79 Å². The Labute approximate surface area is 166 Å². The van der Waals surface area contributed by atoms with Gasteiger partial charge in [-0.15, -0.1) is 0 Å². The van der Waals surface area contributed by atoms with Crippen LogP contribution in [-0.4, -0.2) is 22.4 Å². The molecule has 2 aromatic carbocycles. The third-order valence-electron chi connectivity index (χ3n) is 4.61. The van der Waals surface area contributed by atoms with Crippen molar-refractivity contribution in [2.45, 2.75) is 34.2 Å². The van der Waals surface area contributed by atoms with Gasteiger partial charge < -0.3 is 10.2 Å². The number of aromatic nitrogens is 2.